The van der Waals surface area contributed by atoms with Gasteiger partial charge >= 0.3 is 11.9 Å². The molecule has 0 heterocycles. The number of rotatable bonds is 65. The number of nitrogens with zero attached hydrogens (tertiary/aromatic N) is 1. The number of carbonyl (C=O) groups excluding carboxylic acids is 2. The van der Waals surface area contributed by atoms with Crippen molar-refractivity contribution in [2.24, 2.45) is 0 Å². The average molecular weight is 1170 g/mol. The van der Waals surface area contributed by atoms with Crippen LogP contribution in [0.4, 0.5) is 0 Å². The van der Waals surface area contributed by atoms with Gasteiger partial charge in [-0.15, -0.1) is 0 Å². The van der Waals surface area contributed by atoms with Crippen LogP contribution in [-0.4, -0.2) is 70.0 Å². The summed E-state index contributed by atoms with van der Waals surface area (Å²) in [6.45, 7) is 4.17. The highest BCUT2D eigenvalue weighted by Gasteiger charge is 2.22. The predicted molar refractivity (Wildman–Crippen MR) is 351 cm³/mol. The van der Waals surface area contributed by atoms with Gasteiger partial charge in [-0.1, -0.05) is 325 Å². The Hall–Kier alpha value is -2.29. The minimum atomic E-state index is -4.64. The van der Waals surface area contributed by atoms with Crippen molar-refractivity contribution in [2.45, 2.75) is 341 Å². The maximum Gasteiger partial charge on any atom is 0.306 e. The number of likely N-dealkylation sites (N-methyl/N-ethyl adjacent to an activating group) is 1. The van der Waals surface area contributed by atoms with E-state index in [1.165, 1.54) is 225 Å². The van der Waals surface area contributed by atoms with E-state index in [9.17, 15) is 19.0 Å². The van der Waals surface area contributed by atoms with E-state index in [1.54, 1.807) is 0 Å². The molecule has 0 rings (SSSR count). The zero-order valence-electron chi connectivity index (χ0n) is 54.7. The predicted octanol–water partition coefficient (Wildman–Crippen LogP) is 22.0. The van der Waals surface area contributed by atoms with Crippen LogP contribution in [0.5, 0.6) is 0 Å². The van der Waals surface area contributed by atoms with Crippen LogP contribution in [0.3, 0.4) is 0 Å². The summed E-state index contributed by atoms with van der Waals surface area (Å²) in [7, 11) is 1.17. The van der Waals surface area contributed by atoms with Crippen molar-refractivity contribution in [3.8, 4) is 0 Å². The Kier molecular flexibility index (Phi) is 61.5. The standard InChI is InChI=1S/C72H134NO8P/c1-6-8-10-12-14-16-18-20-22-24-26-28-30-32-33-34-35-36-37-38-39-41-42-44-46-48-50-52-54-56-58-60-62-64-71(74)78-68-70(69-80-82(76,77)79-67-66-73(3,4)5)81-72(75)65-63-61-59-57-55-53-51-49-47-45-43-40-31-29-27-25-23-21-19-17-15-13-11-9-7-2/h9,11,15,17,21,23,27,29,40,43,70H,6-8,10,12-14,16,18-20,22,24-26,28,30-39,41-42,44-69H2,1-5H3/b11-9-,17-15-,23-21-,29-27-,43-40-. The highest BCUT2D eigenvalue weighted by atomic mass is 31.2. The molecule has 0 aromatic heterocycles. The minimum absolute atomic E-state index is 0.0325. The number of hydrogen-bond acceptors (Lipinski definition) is 8. The fraction of sp³-hybridized carbons (Fsp3) is 0.833. The van der Waals surface area contributed by atoms with E-state index in [1.807, 2.05) is 21.1 Å². The topological polar surface area (TPSA) is 111 Å². The minimum Gasteiger partial charge on any atom is -0.756 e. The number of carbonyl (C=O) groups is 2. The lowest BCUT2D eigenvalue weighted by molar-refractivity contribution is -0.870. The molecule has 0 bridgehead atoms. The molecule has 0 N–H and O–H groups in total. The summed E-state index contributed by atoms with van der Waals surface area (Å²) < 4.78 is 34.3. The summed E-state index contributed by atoms with van der Waals surface area (Å²) in [6, 6.07) is 0. The van der Waals surface area contributed by atoms with Crippen molar-refractivity contribution in [1.82, 2.24) is 0 Å². The molecule has 0 aliphatic carbocycles. The number of esters is 2. The number of unbranched alkanes of at least 4 members (excludes halogenated alkanes) is 41. The lowest BCUT2D eigenvalue weighted by atomic mass is 10.0. The lowest BCUT2D eigenvalue weighted by Crippen LogP contribution is -2.37. The molecule has 0 amide bonds. The van der Waals surface area contributed by atoms with Crippen molar-refractivity contribution in [3.63, 3.8) is 0 Å². The highest BCUT2D eigenvalue weighted by molar-refractivity contribution is 7.45. The van der Waals surface area contributed by atoms with Crippen LogP contribution in [0.15, 0.2) is 60.8 Å². The van der Waals surface area contributed by atoms with Crippen LogP contribution in [0.25, 0.3) is 0 Å². The van der Waals surface area contributed by atoms with Crippen LogP contribution in [-0.2, 0) is 32.7 Å². The van der Waals surface area contributed by atoms with E-state index in [2.05, 4.69) is 74.6 Å². The molecule has 2 atom stereocenters. The Morgan fingerprint density at radius 2 is 0.695 bits per heavy atom. The van der Waals surface area contributed by atoms with Gasteiger partial charge in [0.1, 0.15) is 19.8 Å². The van der Waals surface area contributed by atoms with Gasteiger partial charge in [-0.2, -0.15) is 0 Å². The second-order valence-electron chi connectivity index (χ2n) is 24.9. The molecule has 0 saturated carbocycles. The normalized spacial score (nSPS) is 13.5. The molecule has 0 aliphatic heterocycles. The van der Waals surface area contributed by atoms with E-state index in [0.29, 0.717) is 17.4 Å². The number of quaternary nitrogens is 1. The molecule has 0 radical (unpaired) electrons. The van der Waals surface area contributed by atoms with Gasteiger partial charge in [0.25, 0.3) is 7.82 Å². The van der Waals surface area contributed by atoms with E-state index >= 15 is 0 Å². The van der Waals surface area contributed by atoms with Crippen molar-refractivity contribution >= 4 is 19.8 Å². The number of ether oxygens (including phenoxy) is 2. The second-order valence-corrected chi connectivity index (χ2v) is 26.3. The average Bonchev–Trinajstić information content (AvgIpc) is 3.46. The largest absolute Gasteiger partial charge is 0.756 e. The molecule has 0 fully saturated rings. The van der Waals surface area contributed by atoms with Crippen LogP contribution in [0, 0.1) is 0 Å². The summed E-state index contributed by atoms with van der Waals surface area (Å²) in [6.07, 6.45) is 83.1. The monoisotopic (exact) mass is 1170 g/mol. The smallest absolute Gasteiger partial charge is 0.306 e. The van der Waals surface area contributed by atoms with Crippen molar-refractivity contribution in [1.29, 1.82) is 0 Å². The molecule has 82 heavy (non-hydrogen) atoms. The molecule has 9 nitrogen and oxygen atoms in total. The number of phosphoric ester groups is 1. The molecule has 0 aromatic carbocycles. The lowest BCUT2D eigenvalue weighted by Gasteiger charge is -2.28. The Bertz CT molecular complexity index is 1570. The van der Waals surface area contributed by atoms with Gasteiger partial charge in [0, 0.05) is 12.8 Å². The maximum absolute atomic E-state index is 12.8. The van der Waals surface area contributed by atoms with Gasteiger partial charge in [0.2, 0.25) is 0 Å². The quantitative estimate of drug-likeness (QED) is 0.0195. The van der Waals surface area contributed by atoms with Crippen LogP contribution in [0.1, 0.15) is 335 Å². The van der Waals surface area contributed by atoms with Gasteiger partial charge in [-0.25, -0.2) is 0 Å². The van der Waals surface area contributed by atoms with Gasteiger partial charge in [-0.3, -0.25) is 14.2 Å². The molecule has 480 valence electrons. The third-order valence-corrected chi connectivity index (χ3v) is 16.5. The van der Waals surface area contributed by atoms with Gasteiger partial charge < -0.3 is 27.9 Å². The van der Waals surface area contributed by atoms with Crippen LogP contribution >= 0.6 is 7.82 Å². The molecule has 0 spiro atoms. The molecular weight excluding hydrogens is 1040 g/mol. The third-order valence-electron chi connectivity index (χ3n) is 15.6. The van der Waals surface area contributed by atoms with Crippen LogP contribution < -0.4 is 4.89 Å². The summed E-state index contributed by atoms with van der Waals surface area (Å²) in [5.74, 6) is -0.827. The number of allylic oxidation sites excluding steroid dienone is 10. The summed E-state index contributed by atoms with van der Waals surface area (Å²) in [4.78, 5) is 38.0. The van der Waals surface area contributed by atoms with E-state index in [-0.39, 0.29) is 32.0 Å². The molecule has 0 aromatic rings. The molecule has 2 unspecified atom stereocenters. The molecular formula is C72H134NO8P. The Morgan fingerprint density at radius 1 is 0.390 bits per heavy atom. The summed E-state index contributed by atoms with van der Waals surface area (Å²) in [5, 5.41) is 0. The van der Waals surface area contributed by atoms with Crippen molar-refractivity contribution in [3.05, 3.63) is 60.8 Å². The zero-order chi connectivity index (χ0) is 59.8. The summed E-state index contributed by atoms with van der Waals surface area (Å²) >= 11 is 0. The SMILES string of the molecule is CC/C=C\C/C=C\C/C=C\C/C=C\C/C=C\CCCCCCCCCCCC(=O)OC(COC(=O)CCCCCCCCCCCCCCCCCCCCCCCCCCCCCCCCCCC)COP(=O)([O-])OCC[N+](C)(C)C. The highest BCUT2D eigenvalue weighted by Crippen LogP contribution is 2.38. The Labute approximate surface area is 508 Å². The first-order chi connectivity index (χ1) is 40.0. The number of hydrogen-bond donors (Lipinski definition) is 0. The van der Waals surface area contributed by atoms with Crippen molar-refractivity contribution in [2.75, 3.05) is 47.5 Å². The second kappa shape index (κ2) is 63.2. The Morgan fingerprint density at radius 3 is 1.04 bits per heavy atom. The van der Waals surface area contributed by atoms with E-state index < -0.39 is 26.5 Å². The first kappa shape index (κ1) is 79.7. The molecule has 0 saturated heterocycles. The first-order valence-electron chi connectivity index (χ1n) is 35.0. The zero-order valence-corrected chi connectivity index (χ0v) is 55.6. The fourth-order valence-corrected chi connectivity index (χ4v) is 10.9. The Balaban J connectivity index is 4.00. The third kappa shape index (κ3) is 66.8. The van der Waals surface area contributed by atoms with Gasteiger partial charge in [0.15, 0.2) is 6.10 Å². The maximum atomic E-state index is 12.8. The summed E-state index contributed by atoms with van der Waals surface area (Å²) in [5.41, 5.74) is 0. The molecule has 10 heteroatoms. The van der Waals surface area contributed by atoms with Crippen LogP contribution in [0.2, 0.25) is 0 Å². The van der Waals surface area contributed by atoms with Gasteiger partial charge in [0.05, 0.1) is 27.7 Å². The molecule has 0 aliphatic rings. The van der Waals surface area contributed by atoms with E-state index in [0.717, 1.165) is 77.0 Å². The van der Waals surface area contributed by atoms with Gasteiger partial charge in [-0.05, 0) is 57.8 Å². The van der Waals surface area contributed by atoms with E-state index in [4.69, 9.17) is 18.5 Å². The first-order valence-corrected chi connectivity index (χ1v) is 36.5. The fourth-order valence-electron chi connectivity index (χ4n) is 10.2. The number of phosphoric acid groups is 1. The van der Waals surface area contributed by atoms with Crippen molar-refractivity contribution < 1.29 is 42.1 Å².